The summed E-state index contributed by atoms with van der Waals surface area (Å²) in [6.45, 7) is 0. The van der Waals surface area contributed by atoms with E-state index in [0.29, 0.717) is 17.9 Å². The van der Waals surface area contributed by atoms with Gasteiger partial charge in [0.1, 0.15) is 5.54 Å². The molecule has 1 aromatic rings. The summed E-state index contributed by atoms with van der Waals surface area (Å²) in [5.41, 5.74) is 6.28. The van der Waals surface area contributed by atoms with Gasteiger partial charge in [0.05, 0.1) is 31.4 Å². The highest BCUT2D eigenvalue weighted by molar-refractivity contribution is 6.55. The Morgan fingerprint density at radius 2 is 1.68 bits per heavy atom. The maximum Gasteiger partial charge on any atom is 0.156 e. The van der Waals surface area contributed by atoms with Gasteiger partial charge in [-0.1, -0.05) is 40.2 Å². The van der Waals surface area contributed by atoms with E-state index in [1.807, 2.05) is 18.2 Å². The Morgan fingerprint density at radius 1 is 1.11 bits per heavy atom. The first kappa shape index (κ1) is 14.8. The van der Waals surface area contributed by atoms with Crippen molar-refractivity contribution < 1.29 is 4.79 Å². The number of nitrogens with two attached hydrogens (primary N) is 1. The smallest absolute Gasteiger partial charge is 0.156 e. The van der Waals surface area contributed by atoms with Crippen molar-refractivity contribution in [3.8, 4) is 0 Å². The van der Waals surface area contributed by atoms with Crippen LogP contribution >= 0.6 is 11.6 Å². The molecule has 0 bridgehead atoms. The third kappa shape index (κ3) is 2.30. The highest BCUT2D eigenvalue weighted by Gasteiger charge is 2.52. The highest BCUT2D eigenvalue weighted by atomic mass is 35.5. The number of ketones is 1. The third-order valence-corrected chi connectivity index (χ3v) is 5.34. The first-order chi connectivity index (χ1) is 8.60. The zero-order valence-corrected chi connectivity index (χ0v) is 12.8. The summed E-state index contributed by atoms with van der Waals surface area (Å²) in [6, 6.07) is 7.41. The maximum absolute atomic E-state index is 12.6. The van der Waals surface area contributed by atoms with E-state index in [-0.39, 0.29) is 16.2 Å². The lowest BCUT2D eigenvalue weighted by Gasteiger charge is -2.52. The highest BCUT2D eigenvalue weighted by Crippen LogP contribution is 2.56. The average Bonchev–Trinajstić information content (AvgIpc) is 2.26. The van der Waals surface area contributed by atoms with Crippen LogP contribution in [0.25, 0.3) is 0 Å². The van der Waals surface area contributed by atoms with Crippen molar-refractivity contribution >= 4 is 48.8 Å². The Labute approximate surface area is 123 Å². The van der Waals surface area contributed by atoms with Gasteiger partial charge < -0.3 is 5.73 Å². The molecule has 0 spiro atoms. The van der Waals surface area contributed by atoms with Crippen molar-refractivity contribution in [3.05, 3.63) is 34.9 Å². The lowest BCUT2D eigenvalue weighted by molar-refractivity contribution is -0.127. The van der Waals surface area contributed by atoms with Gasteiger partial charge in [0.2, 0.25) is 0 Å². The first-order valence-electron chi connectivity index (χ1n) is 6.67. The van der Waals surface area contributed by atoms with Crippen LogP contribution in [0.15, 0.2) is 24.3 Å². The van der Waals surface area contributed by atoms with Gasteiger partial charge in [-0.25, -0.2) is 0 Å². The monoisotopic (exact) mass is 271 g/mol. The molecule has 0 aliphatic heterocycles. The summed E-state index contributed by atoms with van der Waals surface area (Å²) in [5.74, 6) is 0.0879. The molecule has 19 heavy (non-hydrogen) atoms. The van der Waals surface area contributed by atoms with Gasteiger partial charge in [-0.2, -0.15) is 0 Å². The predicted molar refractivity (Wildman–Crippen MR) is 91.1 cm³/mol. The van der Waals surface area contributed by atoms with Gasteiger partial charge in [-0.05, 0) is 24.5 Å². The fourth-order valence-corrected chi connectivity index (χ4v) is 3.21. The molecule has 96 valence electrons. The normalized spacial score (nSPS) is 29.1. The van der Waals surface area contributed by atoms with E-state index in [0.717, 1.165) is 5.56 Å². The van der Waals surface area contributed by atoms with E-state index in [4.69, 9.17) is 17.3 Å². The Bertz CT molecular complexity index is 534. The maximum atomic E-state index is 12.6. The molecule has 1 saturated carbocycles. The van der Waals surface area contributed by atoms with Crippen LogP contribution in [0.2, 0.25) is 15.5 Å². The van der Waals surface area contributed by atoms with Crippen LogP contribution in [0.5, 0.6) is 0 Å². The summed E-state index contributed by atoms with van der Waals surface area (Å²) in [5, 5.41) is 0.511. The van der Waals surface area contributed by atoms with Gasteiger partial charge in [-0.3, -0.25) is 4.79 Å². The van der Waals surface area contributed by atoms with E-state index < -0.39 is 5.54 Å². The van der Waals surface area contributed by atoms with Crippen LogP contribution in [0.3, 0.4) is 0 Å². The largest absolute Gasteiger partial charge is 0.315 e. The molecule has 1 aromatic carbocycles. The Kier molecular flexibility index (Phi) is 3.47. The molecule has 7 heteroatoms. The minimum atomic E-state index is -0.961. The summed E-state index contributed by atoms with van der Waals surface area (Å²) in [4.78, 5) is 12.6. The van der Waals surface area contributed by atoms with Crippen LogP contribution in [0.1, 0.15) is 18.4 Å². The van der Waals surface area contributed by atoms with Crippen molar-refractivity contribution in [2.75, 3.05) is 0 Å². The van der Waals surface area contributed by atoms with Crippen molar-refractivity contribution in [3.63, 3.8) is 0 Å². The second kappa shape index (κ2) is 4.46. The number of rotatable bonds is 1. The molecule has 2 rings (SSSR count). The first-order valence-corrected chi connectivity index (χ1v) is 7.05. The van der Waals surface area contributed by atoms with Gasteiger partial charge >= 0.3 is 0 Å². The van der Waals surface area contributed by atoms with Crippen LogP contribution in [0, 0.1) is 0 Å². The number of hydrogen-bond donors (Lipinski definition) is 1. The summed E-state index contributed by atoms with van der Waals surface area (Å²) < 4.78 is 0. The van der Waals surface area contributed by atoms with Crippen molar-refractivity contribution in [2.45, 2.75) is 28.8 Å². The lowest BCUT2D eigenvalue weighted by atomic mass is 9.25. The quantitative estimate of drug-likeness (QED) is 0.640. The van der Waals surface area contributed by atoms with Gasteiger partial charge in [0.25, 0.3) is 0 Å². The van der Waals surface area contributed by atoms with Crippen LogP contribution < -0.4 is 5.73 Å². The molecule has 2 nitrogen and oxygen atoms in total. The Balaban J connectivity index is 2.51. The molecule has 1 fully saturated rings. The van der Waals surface area contributed by atoms with Crippen LogP contribution in [0.4, 0.5) is 0 Å². The molecular weight excluding hydrogens is 253 g/mol. The summed E-state index contributed by atoms with van der Waals surface area (Å²) in [7, 11) is 8.63. The van der Waals surface area contributed by atoms with E-state index in [1.165, 1.54) is 0 Å². The van der Waals surface area contributed by atoms with Crippen molar-refractivity contribution in [1.29, 1.82) is 0 Å². The van der Waals surface area contributed by atoms with Crippen LogP contribution in [-0.4, -0.2) is 37.2 Å². The molecule has 0 amide bonds. The second-order valence-corrected chi connectivity index (χ2v) is 7.40. The summed E-state index contributed by atoms with van der Waals surface area (Å²) in [6.07, 6.45) is 1.11. The van der Waals surface area contributed by atoms with E-state index in [9.17, 15) is 4.79 Å². The number of hydrogen-bond acceptors (Lipinski definition) is 2. The molecule has 1 aliphatic rings. The fraction of sp³-hybridized carbons (Fsp3) is 0.417. The molecule has 0 aromatic heterocycles. The number of carbonyl (C=O) groups excluding carboxylic acids is 1. The van der Waals surface area contributed by atoms with Crippen LogP contribution in [-0.2, 0) is 10.3 Å². The minimum Gasteiger partial charge on any atom is -0.315 e. The fourth-order valence-electron chi connectivity index (χ4n) is 2.90. The Morgan fingerprint density at radius 3 is 2.26 bits per heavy atom. The molecule has 0 radical (unpaired) electrons. The van der Waals surface area contributed by atoms with E-state index in [1.54, 1.807) is 6.07 Å². The molecule has 2 N–H and O–H groups in total. The zero-order chi connectivity index (χ0) is 14.5. The molecule has 0 heterocycles. The molecule has 1 atom stereocenters. The molecule has 0 saturated heterocycles. The standard InChI is InChI=1S/C12H18B4ClNO/c13-11(14)5-9(19)10(18,6-12(11,15)16)7-3-1-2-4-8(7)17/h1-4H,5-6,13-16,18H2. The van der Waals surface area contributed by atoms with Crippen molar-refractivity contribution in [2.24, 2.45) is 5.73 Å². The predicted octanol–water partition coefficient (Wildman–Crippen LogP) is -1.38. The average molecular weight is 271 g/mol. The molecular formula is C12H18B4ClNO. The zero-order valence-electron chi connectivity index (χ0n) is 12.1. The Hall–Kier alpha value is -0.600. The van der Waals surface area contributed by atoms with Gasteiger partial charge in [0.15, 0.2) is 5.78 Å². The number of Topliss-reactive ketones (excluding diaryl/α,β-unsaturated/α-hetero) is 1. The van der Waals surface area contributed by atoms with Gasteiger partial charge in [0, 0.05) is 5.02 Å². The number of carbonyl (C=O) groups is 1. The third-order valence-electron chi connectivity index (χ3n) is 5.01. The van der Waals surface area contributed by atoms with E-state index in [2.05, 4.69) is 31.4 Å². The number of benzene rings is 1. The van der Waals surface area contributed by atoms with Gasteiger partial charge in [-0.15, -0.1) is 0 Å². The van der Waals surface area contributed by atoms with E-state index >= 15 is 0 Å². The SMILES string of the molecule is BC1(B)CC(=O)C(N)(c2ccccc2Cl)CC1(B)B. The minimum absolute atomic E-state index is 0.0190. The number of halogens is 1. The molecule has 1 unspecified atom stereocenters. The summed E-state index contributed by atoms with van der Waals surface area (Å²) >= 11 is 6.24. The molecule has 1 aliphatic carbocycles. The lowest BCUT2D eigenvalue weighted by Crippen LogP contribution is -2.56. The van der Waals surface area contributed by atoms with Crippen molar-refractivity contribution in [1.82, 2.24) is 0 Å². The second-order valence-electron chi connectivity index (χ2n) is 7.00. The topological polar surface area (TPSA) is 43.1 Å².